The van der Waals surface area contributed by atoms with E-state index in [0.717, 1.165) is 10.6 Å². The number of nitrogens with zero attached hydrogens (tertiary/aromatic N) is 1. The van der Waals surface area contributed by atoms with Gasteiger partial charge in [-0.3, -0.25) is 9.10 Å². The molecule has 8 heteroatoms. The Balaban J connectivity index is 2.36. The Kier molecular flexibility index (Phi) is 5.08. The molecule has 1 amide bonds. The molecule has 0 aliphatic carbocycles. The van der Waals surface area contributed by atoms with Gasteiger partial charge in [0.15, 0.2) is 0 Å². The number of hydrogen-bond donors (Lipinski definition) is 1. The quantitative estimate of drug-likeness (QED) is 0.897. The lowest BCUT2D eigenvalue weighted by atomic mass is 10.1. The number of rotatable bonds is 5. The first-order chi connectivity index (χ1) is 11.2. The average Bonchev–Trinajstić information content (AvgIpc) is 2.54. The van der Waals surface area contributed by atoms with Gasteiger partial charge in [-0.1, -0.05) is 0 Å². The zero-order chi connectivity index (χ0) is 17.9. The van der Waals surface area contributed by atoms with Crippen LogP contribution in [0, 0.1) is 5.82 Å². The predicted octanol–water partition coefficient (Wildman–Crippen LogP) is 2.48. The number of carbonyl (C=O) groups excluding carboxylic acids is 1. The Bertz CT molecular complexity index is 851. The molecule has 0 saturated heterocycles. The second-order valence-electron chi connectivity index (χ2n) is 5.08. The van der Waals surface area contributed by atoms with Crippen molar-refractivity contribution in [2.24, 2.45) is 0 Å². The Morgan fingerprint density at radius 2 is 1.79 bits per heavy atom. The van der Waals surface area contributed by atoms with Crippen LogP contribution in [0.3, 0.4) is 0 Å². The van der Waals surface area contributed by atoms with Crippen molar-refractivity contribution in [2.45, 2.75) is 0 Å². The van der Waals surface area contributed by atoms with Gasteiger partial charge < -0.3 is 10.1 Å². The molecule has 0 saturated carbocycles. The maximum atomic E-state index is 12.9. The number of hydrogen-bond acceptors (Lipinski definition) is 4. The number of methoxy groups -OCH3 is 1. The second-order valence-corrected chi connectivity index (χ2v) is 7.09. The largest absolute Gasteiger partial charge is 0.496 e. The molecular formula is C16H17FN2O4S. The van der Waals surface area contributed by atoms with Gasteiger partial charge in [-0.15, -0.1) is 0 Å². The number of anilines is 2. The summed E-state index contributed by atoms with van der Waals surface area (Å²) in [7, 11) is -0.668. The van der Waals surface area contributed by atoms with Gasteiger partial charge >= 0.3 is 0 Å². The van der Waals surface area contributed by atoms with Gasteiger partial charge in [-0.05, 0) is 42.5 Å². The minimum Gasteiger partial charge on any atom is -0.496 e. The summed E-state index contributed by atoms with van der Waals surface area (Å²) in [6.07, 6.45) is 1.06. The van der Waals surface area contributed by atoms with E-state index in [2.05, 4.69) is 5.32 Å². The van der Waals surface area contributed by atoms with Crippen molar-refractivity contribution in [3.05, 3.63) is 53.8 Å². The van der Waals surface area contributed by atoms with Crippen molar-refractivity contribution >= 4 is 27.3 Å². The fraction of sp³-hybridized carbons (Fsp3) is 0.188. The zero-order valence-corrected chi connectivity index (χ0v) is 14.2. The minimum absolute atomic E-state index is 0.162. The fourth-order valence-corrected chi connectivity index (χ4v) is 2.49. The highest BCUT2D eigenvalue weighted by Crippen LogP contribution is 2.26. The van der Waals surface area contributed by atoms with Crippen LogP contribution in [-0.4, -0.2) is 34.7 Å². The molecule has 0 spiro atoms. The first-order valence-electron chi connectivity index (χ1n) is 6.91. The summed E-state index contributed by atoms with van der Waals surface area (Å²) in [6.45, 7) is 0. The maximum Gasteiger partial charge on any atom is 0.259 e. The van der Waals surface area contributed by atoms with Gasteiger partial charge in [-0.25, -0.2) is 12.8 Å². The number of carbonyl (C=O) groups is 1. The van der Waals surface area contributed by atoms with Crippen LogP contribution in [0.25, 0.3) is 0 Å². The number of nitrogens with one attached hydrogen (secondary N) is 1. The van der Waals surface area contributed by atoms with Gasteiger partial charge in [-0.2, -0.15) is 0 Å². The first kappa shape index (κ1) is 17.7. The third-order valence-corrected chi connectivity index (χ3v) is 4.60. The second kappa shape index (κ2) is 6.88. The van der Waals surface area contributed by atoms with Gasteiger partial charge in [0.05, 0.1) is 24.6 Å². The first-order valence-corrected chi connectivity index (χ1v) is 8.76. The summed E-state index contributed by atoms with van der Waals surface area (Å²) >= 11 is 0. The fourth-order valence-electron chi connectivity index (χ4n) is 1.99. The summed E-state index contributed by atoms with van der Waals surface area (Å²) in [5.41, 5.74) is 0.891. The molecule has 0 aliphatic heterocycles. The molecule has 1 N–H and O–H groups in total. The molecule has 6 nitrogen and oxygen atoms in total. The molecular weight excluding hydrogens is 335 g/mol. The van der Waals surface area contributed by atoms with Gasteiger partial charge in [0.2, 0.25) is 10.0 Å². The van der Waals surface area contributed by atoms with E-state index in [1.54, 1.807) is 0 Å². The lowest BCUT2D eigenvalue weighted by Gasteiger charge is -2.18. The monoisotopic (exact) mass is 352 g/mol. The normalized spacial score (nSPS) is 11.0. The molecule has 24 heavy (non-hydrogen) atoms. The van der Waals surface area contributed by atoms with Crippen LogP contribution in [0.2, 0.25) is 0 Å². The molecule has 2 aromatic carbocycles. The highest BCUT2D eigenvalue weighted by Gasteiger charge is 2.18. The van der Waals surface area contributed by atoms with E-state index in [-0.39, 0.29) is 5.56 Å². The summed E-state index contributed by atoms with van der Waals surface area (Å²) in [4.78, 5) is 12.5. The average molecular weight is 352 g/mol. The SMILES string of the molecule is COc1ccc(N(C)S(C)(=O)=O)cc1C(=O)Nc1ccc(F)cc1. The van der Waals surface area contributed by atoms with Gasteiger partial charge in [0, 0.05) is 12.7 Å². The van der Waals surface area contributed by atoms with Crippen molar-refractivity contribution in [1.82, 2.24) is 0 Å². The van der Waals surface area contributed by atoms with E-state index in [9.17, 15) is 17.6 Å². The van der Waals surface area contributed by atoms with E-state index in [1.165, 1.54) is 56.6 Å². The minimum atomic E-state index is -3.46. The van der Waals surface area contributed by atoms with Crippen molar-refractivity contribution < 1.29 is 22.3 Å². The van der Waals surface area contributed by atoms with Crippen LogP contribution in [0.5, 0.6) is 5.75 Å². The summed E-state index contributed by atoms with van der Waals surface area (Å²) in [5, 5.41) is 2.61. The van der Waals surface area contributed by atoms with Crippen molar-refractivity contribution in [1.29, 1.82) is 0 Å². The Labute approximate surface area is 139 Å². The molecule has 0 aromatic heterocycles. The van der Waals surface area contributed by atoms with Gasteiger partial charge in [0.1, 0.15) is 11.6 Å². The molecule has 0 radical (unpaired) electrons. The summed E-state index contributed by atoms with van der Waals surface area (Å²) in [6, 6.07) is 9.75. The van der Waals surface area contributed by atoms with Crippen molar-refractivity contribution in [3.63, 3.8) is 0 Å². The molecule has 0 heterocycles. The Morgan fingerprint density at radius 1 is 1.17 bits per heavy atom. The highest BCUT2D eigenvalue weighted by atomic mass is 32.2. The van der Waals surface area contributed by atoms with E-state index < -0.39 is 21.7 Å². The van der Waals surface area contributed by atoms with Crippen LogP contribution in [-0.2, 0) is 10.0 Å². The van der Waals surface area contributed by atoms with Crippen LogP contribution in [0.1, 0.15) is 10.4 Å². The van der Waals surface area contributed by atoms with Crippen molar-refractivity contribution in [3.8, 4) is 5.75 Å². The van der Waals surface area contributed by atoms with Gasteiger partial charge in [0.25, 0.3) is 5.91 Å². The van der Waals surface area contributed by atoms with Crippen LogP contribution in [0.15, 0.2) is 42.5 Å². The van der Waals surface area contributed by atoms with E-state index in [0.29, 0.717) is 17.1 Å². The third kappa shape index (κ3) is 4.02. The van der Waals surface area contributed by atoms with E-state index >= 15 is 0 Å². The molecule has 2 rings (SSSR count). The molecule has 0 atom stereocenters. The molecule has 2 aromatic rings. The lowest BCUT2D eigenvalue weighted by molar-refractivity contribution is 0.102. The Hall–Kier alpha value is -2.61. The van der Waals surface area contributed by atoms with Crippen LogP contribution < -0.4 is 14.4 Å². The summed E-state index contributed by atoms with van der Waals surface area (Å²) < 4.78 is 42.4. The number of halogens is 1. The Morgan fingerprint density at radius 3 is 2.33 bits per heavy atom. The standard InChI is InChI=1S/C16H17FN2O4S/c1-19(24(3,21)22)13-8-9-15(23-2)14(10-13)16(20)18-12-6-4-11(17)5-7-12/h4-10H,1-3H3,(H,18,20). The molecule has 0 fully saturated rings. The van der Waals surface area contributed by atoms with Crippen LogP contribution in [0.4, 0.5) is 15.8 Å². The maximum absolute atomic E-state index is 12.9. The highest BCUT2D eigenvalue weighted by molar-refractivity contribution is 7.92. The van der Waals surface area contributed by atoms with E-state index in [1.807, 2.05) is 0 Å². The number of sulfonamides is 1. The summed E-state index contributed by atoms with van der Waals surface area (Å²) in [5.74, 6) is -0.621. The number of ether oxygens (including phenoxy) is 1. The number of amides is 1. The lowest BCUT2D eigenvalue weighted by Crippen LogP contribution is -2.25. The topological polar surface area (TPSA) is 75.7 Å². The van der Waals surface area contributed by atoms with Crippen molar-refractivity contribution in [2.75, 3.05) is 30.0 Å². The van der Waals surface area contributed by atoms with E-state index in [4.69, 9.17) is 4.74 Å². The molecule has 0 unspecified atom stereocenters. The molecule has 128 valence electrons. The number of benzene rings is 2. The third-order valence-electron chi connectivity index (χ3n) is 3.39. The van der Waals surface area contributed by atoms with Crippen LogP contribution >= 0.6 is 0 Å². The molecule has 0 aliphatic rings. The molecule has 0 bridgehead atoms. The zero-order valence-electron chi connectivity index (χ0n) is 13.4. The smallest absolute Gasteiger partial charge is 0.259 e. The predicted molar refractivity (Wildman–Crippen MR) is 90.6 cm³/mol.